The zero-order valence-electron chi connectivity index (χ0n) is 15.5. The molecule has 0 bridgehead atoms. The van der Waals surface area contributed by atoms with Crippen LogP contribution >= 0.6 is 0 Å². The Morgan fingerprint density at radius 1 is 1.26 bits per heavy atom. The fourth-order valence-electron chi connectivity index (χ4n) is 2.88. The monoisotopic (exact) mass is 377 g/mol. The smallest absolute Gasteiger partial charge is 0.410 e. The van der Waals surface area contributed by atoms with Crippen molar-refractivity contribution in [3.05, 3.63) is 63.3 Å². The van der Waals surface area contributed by atoms with Gasteiger partial charge in [-0.1, -0.05) is 6.07 Å². The lowest BCUT2D eigenvalue weighted by atomic mass is 10.1. The van der Waals surface area contributed by atoms with Crippen LogP contribution in [0.4, 0.5) is 13.6 Å². The molecule has 0 aliphatic carbocycles. The molecular weight excluding hydrogens is 356 g/mol. The van der Waals surface area contributed by atoms with E-state index in [0.29, 0.717) is 29.8 Å². The highest BCUT2D eigenvalue weighted by atomic mass is 19.2. The van der Waals surface area contributed by atoms with Crippen LogP contribution in [0.1, 0.15) is 37.6 Å². The van der Waals surface area contributed by atoms with Gasteiger partial charge >= 0.3 is 6.09 Å². The van der Waals surface area contributed by atoms with Gasteiger partial charge in [0.2, 0.25) is 0 Å². The topological polar surface area (TPSA) is 64.4 Å². The third kappa shape index (κ3) is 4.32. The molecule has 0 saturated heterocycles. The van der Waals surface area contributed by atoms with Crippen LogP contribution in [0.3, 0.4) is 0 Å². The summed E-state index contributed by atoms with van der Waals surface area (Å²) in [5.74, 6) is -1.91. The highest BCUT2D eigenvalue weighted by Crippen LogP contribution is 2.17. The van der Waals surface area contributed by atoms with E-state index in [0.717, 1.165) is 12.1 Å². The lowest BCUT2D eigenvalue weighted by molar-refractivity contribution is 0.0221. The molecule has 0 saturated carbocycles. The molecule has 1 aliphatic heterocycles. The van der Waals surface area contributed by atoms with Gasteiger partial charge < -0.3 is 9.64 Å². The summed E-state index contributed by atoms with van der Waals surface area (Å²) >= 11 is 0. The van der Waals surface area contributed by atoms with Crippen LogP contribution in [0.5, 0.6) is 0 Å². The molecule has 0 fully saturated rings. The second-order valence-electron chi connectivity index (χ2n) is 7.50. The van der Waals surface area contributed by atoms with Crippen LogP contribution in [-0.4, -0.2) is 32.7 Å². The first-order valence-electron chi connectivity index (χ1n) is 8.63. The van der Waals surface area contributed by atoms with Crippen LogP contribution in [-0.2, 0) is 24.2 Å². The molecule has 144 valence electrons. The minimum atomic E-state index is -0.970. The van der Waals surface area contributed by atoms with Crippen LogP contribution in [0.15, 0.2) is 29.3 Å². The first-order valence-corrected chi connectivity index (χ1v) is 8.63. The number of benzene rings is 1. The van der Waals surface area contributed by atoms with E-state index in [1.54, 1.807) is 20.8 Å². The molecule has 0 unspecified atom stereocenters. The molecule has 1 aromatic heterocycles. The number of hydrogen-bond acceptors (Lipinski definition) is 4. The van der Waals surface area contributed by atoms with E-state index in [1.165, 1.54) is 21.9 Å². The molecule has 1 aromatic carbocycles. The lowest BCUT2D eigenvalue weighted by Gasteiger charge is -2.30. The number of fused-ring (bicyclic) bond motifs is 1. The van der Waals surface area contributed by atoms with Crippen molar-refractivity contribution in [3.8, 4) is 0 Å². The number of ether oxygens (including phenoxy) is 1. The summed E-state index contributed by atoms with van der Waals surface area (Å²) in [7, 11) is 0. The standard InChI is InChI=1S/C19H21F2N3O3/c1-19(2,3)27-18(26)23-7-6-16-13(10-23)17(25)24(11-22-16)9-12-4-5-14(20)15(21)8-12/h4-5,8,11H,6-7,9-10H2,1-3H3. The lowest BCUT2D eigenvalue weighted by Crippen LogP contribution is -2.43. The fraction of sp³-hybridized carbons (Fsp3) is 0.421. The highest BCUT2D eigenvalue weighted by molar-refractivity contribution is 5.68. The zero-order valence-corrected chi connectivity index (χ0v) is 15.5. The van der Waals surface area contributed by atoms with Gasteiger partial charge in [0.1, 0.15) is 5.60 Å². The fourth-order valence-corrected chi connectivity index (χ4v) is 2.88. The van der Waals surface area contributed by atoms with Crippen molar-refractivity contribution in [2.75, 3.05) is 6.54 Å². The molecule has 6 nitrogen and oxygen atoms in total. The van der Waals surface area contributed by atoms with Crippen LogP contribution in [0.2, 0.25) is 0 Å². The number of nitrogens with zero attached hydrogens (tertiary/aromatic N) is 3. The first-order chi connectivity index (χ1) is 12.6. The van der Waals surface area contributed by atoms with Crippen molar-refractivity contribution in [2.24, 2.45) is 0 Å². The summed E-state index contributed by atoms with van der Waals surface area (Å²) in [6.45, 7) is 5.91. The predicted octanol–water partition coefficient (Wildman–Crippen LogP) is 2.86. The Kier molecular flexibility index (Phi) is 4.99. The van der Waals surface area contributed by atoms with Gasteiger partial charge in [-0.05, 0) is 38.5 Å². The molecular formula is C19H21F2N3O3. The first kappa shape index (κ1) is 19.0. The van der Waals surface area contributed by atoms with Gasteiger partial charge in [-0.25, -0.2) is 18.6 Å². The van der Waals surface area contributed by atoms with Crippen molar-refractivity contribution < 1.29 is 18.3 Å². The van der Waals surface area contributed by atoms with E-state index >= 15 is 0 Å². The Balaban J connectivity index is 1.83. The van der Waals surface area contributed by atoms with E-state index in [4.69, 9.17) is 4.74 Å². The van der Waals surface area contributed by atoms with Gasteiger partial charge in [0.25, 0.3) is 5.56 Å². The maximum absolute atomic E-state index is 13.4. The highest BCUT2D eigenvalue weighted by Gasteiger charge is 2.28. The van der Waals surface area contributed by atoms with Gasteiger partial charge in [-0.2, -0.15) is 0 Å². The molecule has 1 amide bonds. The Morgan fingerprint density at radius 3 is 2.67 bits per heavy atom. The number of aromatic nitrogens is 2. The van der Waals surface area contributed by atoms with E-state index < -0.39 is 23.3 Å². The Labute approximate surface area is 155 Å². The molecule has 1 aliphatic rings. The Hall–Kier alpha value is -2.77. The second-order valence-corrected chi connectivity index (χ2v) is 7.50. The summed E-state index contributed by atoms with van der Waals surface area (Å²) in [5.41, 5.74) is 0.563. The van der Waals surface area contributed by atoms with Gasteiger partial charge in [-0.3, -0.25) is 9.36 Å². The molecule has 0 N–H and O–H groups in total. The van der Waals surface area contributed by atoms with Gasteiger partial charge in [0.05, 0.1) is 30.7 Å². The number of halogens is 2. The molecule has 0 radical (unpaired) electrons. The Bertz CT molecular complexity index is 935. The third-order valence-corrected chi connectivity index (χ3v) is 4.18. The summed E-state index contributed by atoms with van der Waals surface area (Å²) in [6, 6.07) is 3.48. The number of carbonyl (C=O) groups is 1. The SMILES string of the molecule is CC(C)(C)OC(=O)N1CCc2ncn(Cc3ccc(F)c(F)c3)c(=O)c2C1. The van der Waals surface area contributed by atoms with Crippen molar-refractivity contribution in [1.29, 1.82) is 0 Å². The third-order valence-electron chi connectivity index (χ3n) is 4.18. The maximum Gasteiger partial charge on any atom is 0.410 e. The van der Waals surface area contributed by atoms with Gasteiger partial charge in [-0.15, -0.1) is 0 Å². The Morgan fingerprint density at radius 2 is 2.00 bits per heavy atom. The van der Waals surface area contributed by atoms with Gasteiger partial charge in [0, 0.05) is 13.0 Å². The minimum absolute atomic E-state index is 0.0583. The number of amides is 1. The second kappa shape index (κ2) is 7.09. The summed E-state index contributed by atoms with van der Waals surface area (Å²) in [4.78, 5) is 30.8. The van der Waals surface area contributed by atoms with Crippen LogP contribution in [0.25, 0.3) is 0 Å². The van der Waals surface area contributed by atoms with Crippen LogP contribution in [0, 0.1) is 11.6 Å². The number of rotatable bonds is 2. The van der Waals surface area contributed by atoms with Crippen molar-refractivity contribution in [3.63, 3.8) is 0 Å². The molecule has 27 heavy (non-hydrogen) atoms. The molecule has 8 heteroatoms. The minimum Gasteiger partial charge on any atom is -0.444 e. The maximum atomic E-state index is 13.4. The molecule has 2 heterocycles. The van der Waals surface area contributed by atoms with Crippen LogP contribution < -0.4 is 5.56 Å². The summed E-state index contributed by atoms with van der Waals surface area (Å²) in [6.07, 6.45) is 1.37. The summed E-state index contributed by atoms with van der Waals surface area (Å²) in [5, 5.41) is 0. The van der Waals surface area contributed by atoms with E-state index in [1.807, 2.05) is 0 Å². The van der Waals surface area contributed by atoms with Crippen molar-refractivity contribution >= 4 is 6.09 Å². The normalized spacial score (nSPS) is 14.0. The van der Waals surface area contributed by atoms with Crippen molar-refractivity contribution in [1.82, 2.24) is 14.5 Å². The van der Waals surface area contributed by atoms with E-state index in [-0.39, 0.29) is 18.6 Å². The average molecular weight is 377 g/mol. The number of hydrogen-bond donors (Lipinski definition) is 0. The predicted molar refractivity (Wildman–Crippen MR) is 94.3 cm³/mol. The molecule has 3 rings (SSSR count). The zero-order chi connectivity index (χ0) is 19.8. The quantitative estimate of drug-likeness (QED) is 0.807. The summed E-state index contributed by atoms with van der Waals surface area (Å²) < 4.78 is 33.2. The van der Waals surface area contributed by atoms with Gasteiger partial charge in [0.15, 0.2) is 11.6 Å². The van der Waals surface area contributed by atoms with E-state index in [2.05, 4.69) is 4.98 Å². The van der Waals surface area contributed by atoms with E-state index in [9.17, 15) is 18.4 Å². The molecule has 0 atom stereocenters. The molecule has 0 spiro atoms. The molecule has 2 aromatic rings. The van der Waals surface area contributed by atoms with Crippen molar-refractivity contribution in [2.45, 2.75) is 45.9 Å². The average Bonchev–Trinajstić information content (AvgIpc) is 2.59. The largest absolute Gasteiger partial charge is 0.444 e. The number of carbonyl (C=O) groups excluding carboxylic acids is 1.